The van der Waals surface area contributed by atoms with Gasteiger partial charge < -0.3 is 4.98 Å². The zero-order valence-electron chi connectivity index (χ0n) is 14.0. The van der Waals surface area contributed by atoms with Crippen LogP contribution in [-0.4, -0.2) is 9.97 Å². The zero-order chi connectivity index (χ0) is 17.2. The number of fused-ring (bicyclic) bond motifs is 1. The van der Waals surface area contributed by atoms with Crippen molar-refractivity contribution in [2.24, 2.45) is 0 Å². The fourth-order valence-electron chi connectivity index (χ4n) is 3.21. The number of aromatic amines is 1. The topological polar surface area (TPSA) is 45.8 Å². The lowest BCUT2D eigenvalue weighted by atomic mass is 10.0. The van der Waals surface area contributed by atoms with E-state index in [4.69, 9.17) is 4.98 Å². The van der Waals surface area contributed by atoms with Gasteiger partial charge in [-0.15, -0.1) is 0 Å². The lowest BCUT2D eigenvalue weighted by Crippen LogP contribution is -2.15. The average Bonchev–Trinajstić information content (AvgIpc) is 2.66. The van der Waals surface area contributed by atoms with Crippen molar-refractivity contribution in [3.8, 4) is 11.3 Å². The second kappa shape index (κ2) is 6.36. The third-order valence-corrected chi connectivity index (χ3v) is 4.47. The third kappa shape index (κ3) is 2.96. The number of aryl methyl sites for hydroxylation is 1. The normalized spacial score (nSPS) is 10.9. The highest BCUT2D eigenvalue weighted by molar-refractivity contribution is 5.87. The van der Waals surface area contributed by atoms with E-state index in [9.17, 15) is 4.79 Å². The van der Waals surface area contributed by atoms with Crippen molar-refractivity contribution in [2.45, 2.75) is 13.3 Å². The minimum Gasteiger partial charge on any atom is -0.326 e. The molecule has 0 saturated heterocycles. The van der Waals surface area contributed by atoms with E-state index in [-0.39, 0.29) is 5.56 Å². The highest BCUT2D eigenvalue weighted by Crippen LogP contribution is 2.21. The number of rotatable bonds is 3. The summed E-state index contributed by atoms with van der Waals surface area (Å²) in [5, 5.41) is 2.08. The number of nitrogens with zero attached hydrogens (tertiary/aromatic N) is 1. The van der Waals surface area contributed by atoms with Crippen molar-refractivity contribution >= 4 is 10.8 Å². The van der Waals surface area contributed by atoms with Crippen LogP contribution in [0.15, 0.2) is 77.6 Å². The summed E-state index contributed by atoms with van der Waals surface area (Å²) in [7, 11) is 0. The number of aromatic nitrogens is 2. The van der Waals surface area contributed by atoms with Crippen molar-refractivity contribution in [2.75, 3.05) is 0 Å². The van der Waals surface area contributed by atoms with Gasteiger partial charge in [-0.3, -0.25) is 9.78 Å². The first kappa shape index (κ1) is 15.3. The molecule has 25 heavy (non-hydrogen) atoms. The summed E-state index contributed by atoms with van der Waals surface area (Å²) < 4.78 is 0. The van der Waals surface area contributed by atoms with Gasteiger partial charge in [-0.1, -0.05) is 60.7 Å². The molecule has 1 N–H and O–H groups in total. The summed E-state index contributed by atoms with van der Waals surface area (Å²) in [5.41, 5.74) is 4.51. The van der Waals surface area contributed by atoms with Crippen molar-refractivity contribution in [3.05, 3.63) is 100 Å². The molecule has 0 aliphatic heterocycles. The Labute approximate surface area is 146 Å². The van der Waals surface area contributed by atoms with Crippen molar-refractivity contribution in [1.82, 2.24) is 9.97 Å². The van der Waals surface area contributed by atoms with Crippen molar-refractivity contribution in [3.63, 3.8) is 0 Å². The molecule has 0 atom stereocenters. The number of hydrogen-bond acceptors (Lipinski definition) is 2. The Hall–Kier alpha value is -3.20. The van der Waals surface area contributed by atoms with Gasteiger partial charge in [0.1, 0.15) is 0 Å². The largest absolute Gasteiger partial charge is 0.326 e. The summed E-state index contributed by atoms with van der Waals surface area (Å²) in [5.74, 6) is 0. The van der Waals surface area contributed by atoms with E-state index in [1.165, 1.54) is 0 Å². The molecule has 2 aromatic carbocycles. The molecular weight excluding hydrogens is 308 g/mol. The first-order valence-corrected chi connectivity index (χ1v) is 8.34. The van der Waals surface area contributed by atoms with Gasteiger partial charge >= 0.3 is 0 Å². The van der Waals surface area contributed by atoms with E-state index in [2.05, 4.69) is 4.98 Å². The van der Waals surface area contributed by atoms with Gasteiger partial charge in [0, 0.05) is 34.3 Å². The Bertz CT molecular complexity index is 1100. The van der Waals surface area contributed by atoms with E-state index in [1.807, 2.05) is 79.7 Å². The smallest absolute Gasteiger partial charge is 0.252 e. The van der Waals surface area contributed by atoms with Crippen LogP contribution in [0, 0.1) is 6.92 Å². The summed E-state index contributed by atoms with van der Waals surface area (Å²) in [4.78, 5) is 20.3. The number of pyridine rings is 2. The summed E-state index contributed by atoms with van der Waals surface area (Å²) in [6.45, 7) is 1.93. The maximum absolute atomic E-state index is 12.5. The maximum atomic E-state index is 12.5. The molecule has 0 aliphatic rings. The predicted octanol–water partition coefficient (Wildman–Crippen LogP) is 4.49. The number of hydrogen-bond donors (Lipinski definition) is 1. The molecule has 0 amide bonds. The van der Waals surface area contributed by atoms with Gasteiger partial charge in [0.15, 0.2) is 0 Å². The first-order valence-electron chi connectivity index (χ1n) is 8.34. The monoisotopic (exact) mass is 326 g/mol. The summed E-state index contributed by atoms with van der Waals surface area (Å²) in [6, 6.07) is 24.1. The molecular formula is C22H18N2O. The number of nitrogens with one attached hydrogen (secondary N) is 1. The van der Waals surface area contributed by atoms with Crippen molar-refractivity contribution < 1.29 is 0 Å². The maximum Gasteiger partial charge on any atom is 0.252 e. The van der Waals surface area contributed by atoms with Gasteiger partial charge in [-0.05, 0) is 24.4 Å². The number of benzene rings is 2. The Morgan fingerprint density at radius 2 is 1.56 bits per heavy atom. The molecule has 0 spiro atoms. The molecule has 2 heterocycles. The van der Waals surface area contributed by atoms with Gasteiger partial charge in [0.05, 0.1) is 5.69 Å². The van der Waals surface area contributed by atoms with E-state index in [1.54, 1.807) is 0 Å². The molecule has 0 aliphatic carbocycles. The lowest BCUT2D eigenvalue weighted by molar-refractivity contribution is 1.04. The van der Waals surface area contributed by atoms with Gasteiger partial charge in [0.25, 0.3) is 5.56 Å². The number of H-pyrrole nitrogens is 1. The Morgan fingerprint density at radius 3 is 2.36 bits per heavy atom. The lowest BCUT2D eigenvalue weighted by Gasteiger charge is -2.09. The minimum atomic E-state index is -0.0388. The Kier molecular flexibility index (Phi) is 3.90. The van der Waals surface area contributed by atoms with Crippen molar-refractivity contribution in [1.29, 1.82) is 0 Å². The predicted molar refractivity (Wildman–Crippen MR) is 102 cm³/mol. The molecule has 0 fully saturated rings. The molecule has 0 unspecified atom stereocenters. The van der Waals surface area contributed by atoms with Crippen LogP contribution in [0.3, 0.4) is 0 Å². The molecule has 0 saturated carbocycles. The molecule has 2 aromatic heterocycles. The molecule has 3 nitrogen and oxygen atoms in total. The SMILES string of the molecule is Cc1[nH]c(=O)c(Cc2cccc(-c3ccccc3)n2)c2ccccc12. The molecule has 0 radical (unpaired) electrons. The average molecular weight is 326 g/mol. The highest BCUT2D eigenvalue weighted by atomic mass is 16.1. The molecule has 0 bridgehead atoms. The first-order chi connectivity index (χ1) is 12.2. The summed E-state index contributed by atoms with van der Waals surface area (Å²) in [6.07, 6.45) is 0.511. The van der Waals surface area contributed by atoms with Crippen LogP contribution in [0.4, 0.5) is 0 Å². The second-order valence-electron chi connectivity index (χ2n) is 6.16. The minimum absolute atomic E-state index is 0.0388. The fourth-order valence-corrected chi connectivity index (χ4v) is 3.21. The third-order valence-electron chi connectivity index (χ3n) is 4.47. The Morgan fingerprint density at radius 1 is 0.840 bits per heavy atom. The molecule has 122 valence electrons. The van der Waals surface area contributed by atoms with Crippen LogP contribution in [0.1, 0.15) is 17.0 Å². The van der Waals surface area contributed by atoms with E-state index < -0.39 is 0 Å². The van der Waals surface area contributed by atoms with Gasteiger partial charge in [0.2, 0.25) is 0 Å². The zero-order valence-corrected chi connectivity index (χ0v) is 14.0. The second-order valence-corrected chi connectivity index (χ2v) is 6.16. The van der Waals surface area contributed by atoms with E-state index in [0.29, 0.717) is 6.42 Å². The van der Waals surface area contributed by atoms with Crippen LogP contribution < -0.4 is 5.56 Å². The molecule has 3 heteroatoms. The van der Waals surface area contributed by atoms with Crippen LogP contribution >= 0.6 is 0 Å². The van der Waals surface area contributed by atoms with Crippen LogP contribution in [0.2, 0.25) is 0 Å². The molecule has 4 aromatic rings. The highest BCUT2D eigenvalue weighted by Gasteiger charge is 2.10. The quantitative estimate of drug-likeness (QED) is 0.603. The molecule has 4 rings (SSSR count). The standard InChI is InChI=1S/C22H18N2O/c1-15-18-11-5-6-12-19(18)20(22(25)23-15)14-17-10-7-13-21(24-17)16-8-3-2-4-9-16/h2-13H,14H2,1H3,(H,23,25). The van der Waals surface area contributed by atoms with Crippen LogP contribution in [0.5, 0.6) is 0 Å². The van der Waals surface area contributed by atoms with Gasteiger partial charge in [-0.2, -0.15) is 0 Å². The van der Waals surface area contributed by atoms with Crippen LogP contribution in [-0.2, 0) is 6.42 Å². The summed E-state index contributed by atoms with van der Waals surface area (Å²) >= 11 is 0. The van der Waals surface area contributed by atoms with E-state index >= 15 is 0 Å². The van der Waals surface area contributed by atoms with Crippen LogP contribution in [0.25, 0.3) is 22.0 Å². The Balaban J connectivity index is 1.79. The van der Waals surface area contributed by atoms with E-state index in [0.717, 1.165) is 39.0 Å². The fraction of sp³-hybridized carbons (Fsp3) is 0.0909. The van der Waals surface area contributed by atoms with Gasteiger partial charge in [-0.25, -0.2) is 0 Å².